The molecule has 0 aliphatic carbocycles. The number of rotatable bonds is 4. The molecule has 1 unspecified atom stereocenters. The lowest BCUT2D eigenvalue weighted by atomic mass is 9.99. The first-order chi connectivity index (χ1) is 10.3. The third-order valence-corrected chi connectivity index (χ3v) is 3.43. The number of hydrogen-bond acceptors (Lipinski definition) is 4. The molecular formula is C16H15FN4. The molecule has 1 aromatic heterocycles. The smallest absolute Gasteiger partial charge is 0.123 e. The summed E-state index contributed by atoms with van der Waals surface area (Å²) in [4.78, 5) is 8.53. The molecule has 0 aliphatic rings. The molecule has 0 amide bonds. The second kappa shape index (κ2) is 5.95. The molecule has 0 spiro atoms. The molecule has 0 saturated heterocycles. The Bertz CT molecular complexity index is 760. The molecule has 4 nitrogen and oxygen atoms in total. The average molecular weight is 282 g/mol. The Balaban J connectivity index is 1.90. The maximum Gasteiger partial charge on any atom is 0.123 e. The van der Waals surface area contributed by atoms with E-state index in [-0.39, 0.29) is 11.9 Å². The molecule has 0 aliphatic heterocycles. The van der Waals surface area contributed by atoms with Gasteiger partial charge in [-0.2, -0.15) is 0 Å². The molecule has 3 rings (SSSR count). The third-order valence-electron chi connectivity index (χ3n) is 3.43. The summed E-state index contributed by atoms with van der Waals surface area (Å²) < 4.78 is 13.3. The summed E-state index contributed by atoms with van der Waals surface area (Å²) in [6.45, 7) is 0. The van der Waals surface area contributed by atoms with Crippen LogP contribution in [0.25, 0.3) is 11.0 Å². The van der Waals surface area contributed by atoms with E-state index in [2.05, 4.69) is 15.4 Å². The van der Waals surface area contributed by atoms with Crippen molar-refractivity contribution in [3.05, 3.63) is 71.8 Å². The van der Waals surface area contributed by atoms with E-state index in [0.29, 0.717) is 6.42 Å². The Labute approximate surface area is 121 Å². The zero-order valence-corrected chi connectivity index (χ0v) is 11.3. The molecule has 106 valence electrons. The van der Waals surface area contributed by atoms with Gasteiger partial charge in [0.1, 0.15) is 5.82 Å². The van der Waals surface area contributed by atoms with Crippen LogP contribution in [0.5, 0.6) is 0 Å². The van der Waals surface area contributed by atoms with Crippen molar-refractivity contribution >= 4 is 11.0 Å². The summed E-state index contributed by atoms with van der Waals surface area (Å²) >= 11 is 0. The number of halogens is 1. The molecule has 0 fully saturated rings. The van der Waals surface area contributed by atoms with E-state index in [9.17, 15) is 4.39 Å². The van der Waals surface area contributed by atoms with Gasteiger partial charge in [-0.25, -0.2) is 4.39 Å². The van der Waals surface area contributed by atoms with Gasteiger partial charge in [-0.1, -0.05) is 18.2 Å². The lowest BCUT2D eigenvalue weighted by Crippen LogP contribution is -2.29. The average Bonchev–Trinajstić information content (AvgIpc) is 2.52. The van der Waals surface area contributed by atoms with E-state index < -0.39 is 0 Å². The summed E-state index contributed by atoms with van der Waals surface area (Å²) in [5, 5.41) is 0. The van der Waals surface area contributed by atoms with Gasteiger partial charge in [-0.15, -0.1) is 0 Å². The zero-order chi connectivity index (χ0) is 14.7. The second-order valence-electron chi connectivity index (χ2n) is 4.86. The topological polar surface area (TPSA) is 63.8 Å². The minimum atomic E-state index is -0.243. The molecular weight excluding hydrogens is 267 g/mol. The first kappa shape index (κ1) is 13.6. The minimum Gasteiger partial charge on any atom is -0.271 e. The van der Waals surface area contributed by atoms with Crippen LogP contribution in [0, 0.1) is 5.82 Å². The Morgan fingerprint density at radius 2 is 1.86 bits per heavy atom. The van der Waals surface area contributed by atoms with Crippen LogP contribution in [0.1, 0.15) is 17.2 Å². The Hall–Kier alpha value is -2.37. The Morgan fingerprint density at radius 1 is 1.05 bits per heavy atom. The summed E-state index contributed by atoms with van der Waals surface area (Å²) in [6.07, 6.45) is 3.91. The van der Waals surface area contributed by atoms with E-state index in [1.807, 2.05) is 24.3 Å². The van der Waals surface area contributed by atoms with Crippen LogP contribution in [0.2, 0.25) is 0 Å². The number of fused-ring (bicyclic) bond motifs is 1. The number of hydrogen-bond donors (Lipinski definition) is 2. The fourth-order valence-electron chi connectivity index (χ4n) is 2.37. The van der Waals surface area contributed by atoms with Crippen LogP contribution in [-0.4, -0.2) is 9.97 Å². The Morgan fingerprint density at radius 3 is 2.62 bits per heavy atom. The highest BCUT2D eigenvalue weighted by atomic mass is 19.1. The van der Waals surface area contributed by atoms with E-state index in [0.717, 1.165) is 22.2 Å². The second-order valence-corrected chi connectivity index (χ2v) is 4.86. The van der Waals surface area contributed by atoms with E-state index in [1.54, 1.807) is 18.5 Å². The molecule has 1 atom stereocenters. The number of aromatic nitrogens is 2. The third kappa shape index (κ3) is 3.04. The number of hydrazine groups is 1. The predicted molar refractivity (Wildman–Crippen MR) is 79.7 cm³/mol. The van der Waals surface area contributed by atoms with Crippen molar-refractivity contribution in [3.8, 4) is 0 Å². The van der Waals surface area contributed by atoms with E-state index in [1.165, 1.54) is 12.1 Å². The molecule has 0 saturated carbocycles. The summed E-state index contributed by atoms with van der Waals surface area (Å²) in [5.74, 6) is 5.41. The van der Waals surface area contributed by atoms with Crippen LogP contribution >= 0.6 is 0 Å². The molecule has 2 aromatic carbocycles. The molecule has 1 heterocycles. The molecule has 0 radical (unpaired) electrons. The van der Waals surface area contributed by atoms with Gasteiger partial charge in [0, 0.05) is 12.4 Å². The maximum absolute atomic E-state index is 13.3. The van der Waals surface area contributed by atoms with Crippen LogP contribution in [-0.2, 0) is 6.42 Å². The van der Waals surface area contributed by atoms with Gasteiger partial charge in [0.2, 0.25) is 0 Å². The van der Waals surface area contributed by atoms with Crippen molar-refractivity contribution in [2.75, 3.05) is 0 Å². The highest BCUT2D eigenvalue weighted by molar-refractivity contribution is 5.74. The van der Waals surface area contributed by atoms with Crippen molar-refractivity contribution in [2.45, 2.75) is 12.5 Å². The van der Waals surface area contributed by atoms with Crippen molar-refractivity contribution in [3.63, 3.8) is 0 Å². The van der Waals surface area contributed by atoms with Crippen molar-refractivity contribution in [2.24, 2.45) is 5.84 Å². The first-order valence-electron chi connectivity index (χ1n) is 6.67. The van der Waals surface area contributed by atoms with Crippen LogP contribution in [0.3, 0.4) is 0 Å². The normalized spacial score (nSPS) is 12.5. The number of nitrogens with two attached hydrogens (primary N) is 1. The van der Waals surface area contributed by atoms with Gasteiger partial charge in [0.15, 0.2) is 0 Å². The van der Waals surface area contributed by atoms with Crippen molar-refractivity contribution in [1.82, 2.24) is 15.4 Å². The molecule has 21 heavy (non-hydrogen) atoms. The largest absolute Gasteiger partial charge is 0.271 e. The lowest BCUT2D eigenvalue weighted by molar-refractivity contribution is 0.549. The summed E-state index contributed by atoms with van der Waals surface area (Å²) in [7, 11) is 0. The van der Waals surface area contributed by atoms with Gasteiger partial charge in [0.05, 0.1) is 17.1 Å². The monoisotopic (exact) mass is 282 g/mol. The van der Waals surface area contributed by atoms with Gasteiger partial charge >= 0.3 is 0 Å². The van der Waals surface area contributed by atoms with Crippen LogP contribution in [0.4, 0.5) is 4.39 Å². The van der Waals surface area contributed by atoms with E-state index >= 15 is 0 Å². The Kier molecular flexibility index (Phi) is 3.85. The molecule has 3 N–H and O–H groups in total. The van der Waals surface area contributed by atoms with Crippen LogP contribution < -0.4 is 11.3 Å². The van der Waals surface area contributed by atoms with E-state index in [4.69, 9.17) is 5.84 Å². The van der Waals surface area contributed by atoms with Gasteiger partial charge < -0.3 is 0 Å². The highest BCUT2D eigenvalue weighted by Crippen LogP contribution is 2.21. The standard InChI is InChI=1S/C16H15FN4/c17-13-3-1-2-11(8-13)9-15(21-18)12-4-5-14-16(10-12)20-7-6-19-14/h1-8,10,15,21H,9,18H2. The summed E-state index contributed by atoms with van der Waals surface area (Å²) in [5.41, 5.74) is 6.31. The molecule has 5 heteroatoms. The van der Waals surface area contributed by atoms with Gasteiger partial charge in [0.25, 0.3) is 0 Å². The number of nitrogens with zero attached hydrogens (tertiary/aromatic N) is 2. The number of benzene rings is 2. The molecule has 0 bridgehead atoms. The first-order valence-corrected chi connectivity index (χ1v) is 6.67. The maximum atomic E-state index is 13.3. The fourth-order valence-corrected chi connectivity index (χ4v) is 2.37. The van der Waals surface area contributed by atoms with Gasteiger partial charge in [-0.05, 0) is 41.8 Å². The zero-order valence-electron chi connectivity index (χ0n) is 11.3. The SMILES string of the molecule is NNC(Cc1cccc(F)c1)c1ccc2nccnc2c1. The summed E-state index contributed by atoms with van der Waals surface area (Å²) in [6, 6.07) is 12.2. The lowest BCUT2D eigenvalue weighted by Gasteiger charge is -2.17. The fraction of sp³-hybridized carbons (Fsp3) is 0.125. The van der Waals surface area contributed by atoms with Crippen molar-refractivity contribution in [1.29, 1.82) is 0 Å². The highest BCUT2D eigenvalue weighted by Gasteiger charge is 2.12. The van der Waals surface area contributed by atoms with Crippen LogP contribution in [0.15, 0.2) is 54.9 Å². The van der Waals surface area contributed by atoms with Gasteiger partial charge in [-0.3, -0.25) is 21.2 Å². The minimum absolute atomic E-state index is 0.113. The van der Waals surface area contributed by atoms with Crippen molar-refractivity contribution < 1.29 is 4.39 Å². The molecule has 3 aromatic rings. The quantitative estimate of drug-likeness (QED) is 0.570. The number of nitrogens with one attached hydrogen (secondary N) is 1. The predicted octanol–water partition coefficient (Wildman–Crippen LogP) is 2.52.